The van der Waals surface area contributed by atoms with Crippen molar-refractivity contribution in [3.8, 4) is 5.75 Å². The zero-order valence-electron chi connectivity index (χ0n) is 9.05. The average molecular weight is 222 g/mol. The molecule has 16 heavy (non-hydrogen) atoms. The minimum Gasteiger partial charge on any atom is -0.489 e. The Labute approximate surface area is 94.1 Å². The van der Waals surface area contributed by atoms with Gasteiger partial charge in [-0.3, -0.25) is 0 Å². The second-order valence-electron chi connectivity index (χ2n) is 3.04. The molecule has 0 radical (unpaired) electrons. The fraction of sp³-hybridized carbons (Fsp3) is 0.250. The number of benzene rings is 1. The molecule has 0 saturated heterocycles. The number of carboxylic acids is 1. The normalized spacial score (nSPS) is 10.6. The molecule has 0 atom stereocenters. The topological polar surface area (TPSA) is 55.8 Å². The van der Waals surface area contributed by atoms with Gasteiger partial charge in [-0.2, -0.15) is 0 Å². The number of aromatic carboxylic acids is 1. The summed E-state index contributed by atoms with van der Waals surface area (Å²) in [6.07, 6.45) is 3.59. The molecule has 4 nitrogen and oxygen atoms in total. The predicted octanol–water partition coefficient (Wildman–Crippen LogP) is 1.97. The van der Waals surface area contributed by atoms with Crippen LogP contribution in [0.25, 0.3) is 0 Å². The van der Waals surface area contributed by atoms with E-state index in [0.29, 0.717) is 19.0 Å². The van der Waals surface area contributed by atoms with Crippen LogP contribution in [0.3, 0.4) is 0 Å². The van der Waals surface area contributed by atoms with Crippen molar-refractivity contribution in [1.29, 1.82) is 0 Å². The zero-order valence-corrected chi connectivity index (χ0v) is 9.05. The summed E-state index contributed by atoms with van der Waals surface area (Å²) in [4.78, 5) is 10.8. The quantitative estimate of drug-likeness (QED) is 0.747. The van der Waals surface area contributed by atoms with Gasteiger partial charge in [0, 0.05) is 7.11 Å². The van der Waals surface area contributed by atoms with Gasteiger partial charge in [0.2, 0.25) is 0 Å². The van der Waals surface area contributed by atoms with Crippen LogP contribution >= 0.6 is 0 Å². The summed E-state index contributed by atoms with van der Waals surface area (Å²) in [5, 5.41) is 8.89. The summed E-state index contributed by atoms with van der Waals surface area (Å²) >= 11 is 0. The monoisotopic (exact) mass is 222 g/mol. The molecule has 0 fully saturated rings. The smallest absolute Gasteiger partial charge is 0.339 e. The first-order chi connectivity index (χ1) is 7.75. The molecule has 1 aromatic rings. The molecule has 0 saturated carbocycles. The lowest BCUT2D eigenvalue weighted by molar-refractivity contribution is 0.0693. The van der Waals surface area contributed by atoms with Gasteiger partial charge >= 0.3 is 5.97 Å². The Kier molecular flexibility index (Phi) is 5.08. The van der Waals surface area contributed by atoms with Crippen LogP contribution in [0, 0.1) is 0 Å². The van der Waals surface area contributed by atoms with Crippen molar-refractivity contribution in [2.75, 3.05) is 20.3 Å². The van der Waals surface area contributed by atoms with Crippen LogP contribution in [0.15, 0.2) is 36.4 Å². The van der Waals surface area contributed by atoms with Crippen LogP contribution in [0.4, 0.5) is 0 Å². The van der Waals surface area contributed by atoms with Crippen LogP contribution in [0.2, 0.25) is 0 Å². The summed E-state index contributed by atoms with van der Waals surface area (Å²) < 4.78 is 10.1. The molecule has 4 heteroatoms. The molecule has 0 heterocycles. The molecule has 0 aromatic heterocycles. The molecule has 0 spiro atoms. The Morgan fingerprint density at radius 2 is 2.00 bits per heavy atom. The zero-order chi connectivity index (χ0) is 11.8. The van der Waals surface area contributed by atoms with Crippen molar-refractivity contribution in [1.82, 2.24) is 0 Å². The molecular formula is C12H14O4. The molecule has 0 aliphatic carbocycles. The molecule has 1 rings (SSSR count). The molecule has 0 unspecified atom stereocenters. The Hall–Kier alpha value is -1.81. The maximum atomic E-state index is 10.8. The van der Waals surface area contributed by atoms with Crippen LogP contribution in [0.1, 0.15) is 10.4 Å². The van der Waals surface area contributed by atoms with Gasteiger partial charge in [-0.05, 0) is 18.2 Å². The maximum absolute atomic E-state index is 10.8. The fourth-order valence-corrected chi connectivity index (χ4v) is 1.14. The third-order valence-corrected chi connectivity index (χ3v) is 1.88. The van der Waals surface area contributed by atoms with Gasteiger partial charge in [0.1, 0.15) is 17.9 Å². The highest BCUT2D eigenvalue weighted by atomic mass is 16.5. The minimum atomic E-state index is -0.989. The maximum Gasteiger partial charge on any atom is 0.339 e. The van der Waals surface area contributed by atoms with Crippen molar-refractivity contribution in [3.63, 3.8) is 0 Å². The van der Waals surface area contributed by atoms with Crippen LogP contribution in [-0.2, 0) is 4.74 Å². The summed E-state index contributed by atoms with van der Waals surface area (Å²) in [5.74, 6) is -0.617. The van der Waals surface area contributed by atoms with Gasteiger partial charge in [-0.15, -0.1) is 0 Å². The van der Waals surface area contributed by atoms with Crippen LogP contribution in [0.5, 0.6) is 5.75 Å². The molecule has 0 bridgehead atoms. The summed E-state index contributed by atoms with van der Waals surface area (Å²) in [6, 6.07) is 6.54. The SMILES string of the molecule is COC/C=C/COc1ccccc1C(=O)O. The highest BCUT2D eigenvalue weighted by Crippen LogP contribution is 2.17. The van der Waals surface area contributed by atoms with Gasteiger partial charge in [0.15, 0.2) is 0 Å². The van der Waals surface area contributed by atoms with Crippen LogP contribution in [-0.4, -0.2) is 31.4 Å². The summed E-state index contributed by atoms with van der Waals surface area (Å²) in [6.45, 7) is 0.845. The Bertz CT molecular complexity index is 371. The second kappa shape index (κ2) is 6.63. The molecule has 1 N–H and O–H groups in total. The summed E-state index contributed by atoms with van der Waals surface area (Å²) in [5.41, 5.74) is 0.169. The van der Waals surface area contributed by atoms with E-state index in [1.165, 1.54) is 6.07 Å². The molecule has 0 aliphatic rings. The number of carboxylic acid groups (broad SMARTS) is 1. The van der Waals surface area contributed by atoms with Gasteiger partial charge in [-0.1, -0.05) is 18.2 Å². The molecule has 0 aliphatic heterocycles. The van der Waals surface area contributed by atoms with Gasteiger partial charge < -0.3 is 14.6 Å². The molecular weight excluding hydrogens is 208 g/mol. The van der Waals surface area contributed by atoms with E-state index in [1.54, 1.807) is 31.4 Å². The van der Waals surface area contributed by atoms with E-state index >= 15 is 0 Å². The Morgan fingerprint density at radius 1 is 1.31 bits per heavy atom. The highest BCUT2D eigenvalue weighted by molar-refractivity contribution is 5.90. The van der Waals surface area contributed by atoms with Crippen LogP contribution < -0.4 is 4.74 Å². The molecule has 86 valence electrons. The number of hydrogen-bond acceptors (Lipinski definition) is 3. The van der Waals surface area contributed by atoms with Crippen molar-refractivity contribution in [2.24, 2.45) is 0 Å². The number of rotatable bonds is 6. The van der Waals surface area contributed by atoms with Gasteiger partial charge in [0.05, 0.1) is 6.61 Å². The van der Waals surface area contributed by atoms with Crippen molar-refractivity contribution in [3.05, 3.63) is 42.0 Å². The number of carbonyl (C=O) groups is 1. The molecule has 1 aromatic carbocycles. The highest BCUT2D eigenvalue weighted by Gasteiger charge is 2.08. The van der Waals surface area contributed by atoms with Gasteiger partial charge in [0.25, 0.3) is 0 Å². The van der Waals surface area contributed by atoms with E-state index in [1.807, 2.05) is 6.08 Å². The number of ether oxygens (including phenoxy) is 2. The Morgan fingerprint density at radius 3 is 2.69 bits per heavy atom. The van der Waals surface area contributed by atoms with E-state index in [4.69, 9.17) is 14.6 Å². The van der Waals surface area contributed by atoms with Gasteiger partial charge in [-0.25, -0.2) is 4.79 Å². The lowest BCUT2D eigenvalue weighted by Gasteiger charge is -2.06. The van der Waals surface area contributed by atoms with Crippen molar-refractivity contribution >= 4 is 5.97 Å². The summed E-state index contributed by atoms with van der Waals surface area (Å²) in [7, 11) is 1.60. The third-order valence-electron chi connectivity index (χ3n) is 1.88. The average Bonchev–Trinajstić information content (AvgIpc) is 2.29. The number of para-hydroxylation sites is 1. The lowest BCUT2D eigenvalue weighted by Crippen LogP contribution is -2.02. The largest absolute Gasteiger partial charge is 0.489 e. The minimum absolute atomic E-state index is 0.169. The van der Waals surface area contributed by atoms with E-state index in [-0.39, 0.29) is 5.56 Å². The first kappa shape index (κ1) is 12.3. The van der Waals surface area contributed by atoms with E-state index in [9.17, 15) is 4.79 Å². The lowest BCUT2D eigenvalue weighted by atomic mass is 10.2. The van der Waals surface area contributed by atoms with E-state index in [0.717, 1.165) is 0 Å². The standard InChI is InChI=1S/C12H14O4/c1-15-8-4-5-9-16-11-7-3-2-6-10(11)12(13)14/h2-7H,8-9H2,1H3,(H,13,14)/b5-4+. The number of hydrogen-bond donors (Lipinski definition) is 1. The van der Waals surface area contributed by atoms with Crippen molar-refractivity contribution in [2.45, 2.75) is 0 Å². The van der Waals surface area contributed by atoms with E-state index < -0.39 is 5.97 Å². The molecule has 0 amide bonds. The Balaban J connectivity index is 2.56. The fourth-order valence-electron chi connectivity index (χ4n) is 1.14. The first-order valence-electron chi connectivity index (χ1n) is 4.84. The second-order valence-corrected chi connectivity index (χ2v) is 3.04. The predicted molar refractivity (Wildman–Crippen MR) is 59.9 cm³/mol. The third kappa shape index (κ3) is 3.74. The van der Waals surface area contributed by atoms with E-state index in [2.05, 4.69) is 0 Å². The van der Waals surface area contributed by atoms with Crippen molar-refractivity contribution < 1.29 is 19.4 Å². The number of methoxy groups -OCH3 is 1. The first-order valence-corrected chi connectivity index (χ1v) is 4.84.